The number of thiazole rings is 1. The number of nitrogens with zero attached hydrogens (tertiary/aromatic N) is 4. The zero-order valence-corrected chi connectivity index (χ0v) is 18.6. The molecule has 1 aromatic carbocycles. The van der Waals surface area contributed by atoms with Crippen molar-refractivity contribution < 1.29 is 9.59 Å². The van der Waals surface area contributed by atoms with Gasteiger partial charge in [0.05, 0.1) is 11.9 Å². The lowest BCUT2D eigenvalue weighted by Crippen LogP contribution is -2.43. The highest BCUT2D eigenvalue weighted by molar-refractivity contribution is 7.20. The summed E-state index contributed by atoms with van der Waals surface area (Å²) >= 11 is 1.14. The third kappa shape index (κ3) is 5.47. The van der Waals surface area contributed by atoms with Crippen molar-refractivity contribution in [1.29, 1.82) is 0 Å². The summed E-state index contributed by atoms with van der Waals surface area (Å²) in [5, 5.41) is 6.56. The van der Waals surface area contributed by atoms with Gasteiger partial charge in [0.15, 0.2) is 10.8 Å². The summed E-state index contributed by atoms with van der Waals surface area (Å²) in [5.74, 6) is -1.03. The number of carbonyl (C=O) groups excluding carboxylic acids is 2. The molecule has 2 amide bonds. The number of benzene rings is 1. The fourth-order valence-corrected chi connectivity index (χ4v) is 4.27. The molecule has 4 rings (SSSR count). The second-order valence-corrected chi connectivity index (χ2v) is 8.66. The largest absolute Gasteiger partial charge is 0.364 e. The fourth-order valence-electron chi connectivity index (χ4n) is 3.39. The van der Waals surface area contributed by atoms with Crippen LogP contribution in [0.5, 0.6) is 0 Å². The molecule has 10 heteroatoms. The van der Waals surface area contributed by atoms with Gasteiger partial charge < -0.3 is 21.3 Å². The van der Waals surface area contributed by atoms with E-state index in [-0.39, 0.29) is 11.6 Å². The van der Waals surface area contributed by atoms with E-state index in [1.807, 2.05) is 18.2 Å². The predicted octanol–water partition coefficient (Wildman–Crippen LogP) is 2.38. The highest BCUT2D eigenvalue weighted by Crippen LogP contribution is 2.30. The number of rotatable bonds is 7. The number of nitrogens with two attached hydrogens (primary N) is 1. The molecule has 1 aliphatic rings. The monoisotopic (exact) mass is 451 g/mol. The molecular weight excluding hydrogens is 426 g/mol. The van der Waals surface area contributed by atoms with Crippen molar-refractivity contribution in [3.05, 3.63) is 65.6 Å². The normalized spacial score (nSPS) is 14.8. The highest BCUT2D eigenvalue weighted by Gasteiger charge is 2.19. The van der Waals surface area contributed by atoms with Gasteiger partial charge in [-0.2, -0.15) is 0 Å². The average molecular weight is 452 g/mol. The standard InChI is InChI=1S/C22H25N7O2S/c1-28-9-11-29(12-10-28)14-15-4-6-16(7-5-15)20(31)27-21-18(19(23)30)26-22(32-21)25-17-3-2-8-24-13-17/h2-8,13H,9-12,14H2,1H3,(H2,23,30)(H,25,26)(H,27,31). The number of primary amides is 1. The van der Waals surface area contributed by atoms with E-state index in [0.717, 1.165) is 49.6 Å². The summed E-state index contributed by atoms with van der Waals surface area (Å²) in [7, 11) is 2.13. The van der Waals surface area contributed by atoms with Gasteiger partial charge in [-0.25, -0.2) is 4.98 Å². The van der Waals surface area contributed by atoms with E-state index in [0.29, 0.717) is 21.4 Å². The molecule has 0 atom stereocenters. The smallest absolute Gasteiger partial charge is 0.270 e. The van der Waals surface area contributed by atoms with Gasteiger partial charge in [0, 0.05) is 44.5 Å². The van der Waals surface area contributed by atoms with Crippen LogP contribution in [0.1, 0.15) is 26.4 Å². The minimum atomic E-state index is -0.710. The van der Waals surface area contributed by atoms with Gasteiger partial charge in [-0.05, 0) is 36.9 Å². The molecule has 32 heavy (non-hydrogen) atoms. The van der Waals surface area contributed by atoms with E-state index in [9.17, 15) is 9.59 Å². The quantitative estimate of drug-likeness (QED) is 0.505. The maximum atomic E-state index is 12.8. The topological polar surface area (TPSA) is 116 Å². The van der Waals surface area contributed by atoms with Gasteiger partial charge in [0.2, 0.25) is 0 Å². The average Bonchev–Trinajstić information content (AvgIpc) is 3.19. The van der Waals surface area contributed by atoms with Crippen molar-refractivity contribution >= 4 is 39.0 Å². The van der Waals surface area contributed by atoms with Crippen LogP contribution >= 0.6 is 11.3 Å². The van der Waals surface area contributed by atoms with Crippen molar-refractivity contribution in [2.75, 3.05) is 43.9 Å². The van der Waals surface area contributed by atoms with E-state index >= 15 is 0 Å². The number of pyridine rings is 1. The number of anilines is 3. The summed E-state index contributed by atoms with van der Waals surface area (Å²) in [4.78, 5) is 37.6. The molecular formula is C22H25N7O2S. The lowest BCUT2D eigenvalue weighted by Gasteiger charge is -2.32. The number of likely N-dealkylation sites (N-methyl/N-ethyl adjacent to an activating group) is 1. The second-order valence-electron chi connectivity index (χ2n) is 7.66. The van der Waals surface area contributed by atoms with Gasteiger partial charge in [0.25, 0.3) is 11.8 Å². The highest BCUT2D eigenvalue weighted by atomic mass is 32.1. The van der Waals surface area contributed by atoms with Gasteiger partial charge in [-0.1, -0.05) is 23.5 Å². The minimum absolute atomic E-state index is 0.0152. The van der Waals surface area contributed by atoms with Crippen molar-refractivity contribution in [3.8, 4) is 0 Å². The minimum Gasteiger partial charge on any atom is -0.364 e. The van der Waals surface area contributed by atoms with Crippen LogP contribution in [0, 0.1) is 0 Å². The molecule has 1 saturated heterocycles. The van der Waals surface area contributed by atoms with Crippen LogP contribution in [-0.2, 0) is 6.54 Å². The predicted molar refractivity (Wildman–Crippen MR) is 125 cm³/mol. The zero-order chi connectivity index (χ0) is 22.5. The number of carbonyl (C=O) groups is 2. The molecule has 0 aliphatic carbocycles. The molecule has 0 bridgehead atoms. The Morgan fingerprint density at radius 2 is 1.88 bits per heavy atom. The van der Waals surface area contributed by atoms with Crippen LogP contribution in [0.15, 0.2) is 48.8 Å². The molecule has 9 nitrogen and oxygen atoms in total. The van der Waals surface area contributed by atoms with Crippen molar-refractivity contribution in [2.24, 2.45) is 5.73 Å². The van der Waals surface area contributed by atoms with E-state index in [4.69, 9.17) is 5.73 Å². The maximum absolute atomic E-state index is 12.8. The number of hydrogen-bond acceptors (Lipinski definition) is 8. The first-order valence-electron chi connectivity index (χ1n) is 10.3. The first-order chi connectivity index (χ1) is 15.5. The van der Waals surface area contributed by atoms with Gasteiger partial charge in [-0.3, -0.25) is 19.5 Å². The van der Waals surface area contributed by atoms with Crippen LogP contribution < -0.4 is 16.4 Å². The molecule has 4 N–H and O–H groups in total. The molecule has 3 heterocycles. The third-order valence-corrected chi connectivity index (χ3v) is 6.10. The van der Waals surface area contributed by atoms with E-state index in [1.54, 1.807) is 30.6 Å². The van der Waals surface area contributed by atoms with E-state index in [2.05, 4.69) is 37.4 Å². The molecule has 0 radical (unpaired) electrons. The lowest BCUT2D eigenvalue weighted by atomic mass is 10.1. The van der Waals surface area contributed by atoms with Gasteiger partial charge >= 0.3 is 0 Å². The molecule has 166 valence electrons. The van der Waals surface area contributed by atoms with Crippen LogP contribution in [0.3, 0.4) is 0 Å². The summed E-state index contributed by atoms with van der Waals surface area (Å²) in [5.41, 5.74) is 7.84. The molecule has 1 fully saturated rings. The Labute approximate surface area is 190 Å². The maximum Gasteiger partial charge on any atom is 0.270 e. The summed E-state index contributed by atoms with van der Waals surface area (Å²) in [6.07, 6.45) is 3.29. The summed E-state index contributed by atoms with van der Waals surface area (Å²) < 4.78 is 0. The van der Waals surface area contributed by atoms with Crippen molar-refractivity contribution in [2.45, 2.75) is 6.54 Å². The molecule has 2 aromatic heterocycles. The van der Waals surface area contributed by atoms with Gasteiger partial charge in [0.1, 0.15) is 5.00 Å². The second kappa shape index (κ2) is 9.86. The number of amides is 2. The first-order valence-corrected chi connectivity index (χ1v) is 11.1. The molecule has 3 aromatic rings. The van der Waals surface area contributed by atoms with E-state index in [1.165, 1.54) is 0 Å². The van der Waals surface area contributed by atoms with Crippen LogP contribution in [0.2, 0.25) is 0 Å². The SMILES string of the molecule is CN1CCN(Cc2ccc(C(=O)Nc3sc(Nc4cccnc4)nc3C(N)=O)cc2)CC1. The van der Waals surface area contributed by atoms with E-state index < -0.39 is 5.91 Å². The number of aromatic nitrogens is 2. The van der Waals surface area contributed by atoms with Crippen molar-refractivity contribution in [1.82, 2.24) is 19.8 Å². The molecule has 0 saturated carbocycles. The lowest BCUT2D eigenvalue weighted by molar-refractivity contribution is 0.0997. The Morgan fingerprint density at radius 3 is 2.53 bits per heavy atom. The summed E-state index contributed by atoms with van der Waals surface area (Å²) in [6.45, 7) is 5.06. The molecule has 0 unspecified atom stereocenters. The third-order valence-electron chi connectivity index (χ3n) is 5.22. The Bertz CT molecular complexity index is 1080. The van der Waals surface area contributed by atoms with Crippen LogP contribution in [0.25, 0.3) is 0 Å². The number of hydrogen-bond donors (Lipinski definition) is 3. The summed E-state index contributed by atoms with van der Waals surface area (Å²) in [6, 6.07) is 11.1. The first kappa shape index (κ1) is 21.9. The number of piperazine rings is 1. The zero-order valence-electron chi connectivity index (χ0n) is 17.7. The molecule has 1 aliphatic heterocycles. The Balaban J connectivity index is 1.42. The van der Waals surface area contributed by atoms with Gasteiger partial charge in [-0.15, -0.1) is 0 Å². The fraction of sp³-hybridized carbons (Fsp3) is 0.273. The van der Waals surface area contributed by atoms with Crippen molar-refractivity contribution in [3.63, 3.8) is 0 Å². The Hall–Kier alpha value is -3.34. The Kier molecular flexibility index (Phi) is 6.74. The molecule has 0 spiro atoms. The number of nitrogens with one attached hydrogen (secondary N) is 2. The van der Waals surface area contributed by atoms with Crippen LogP contribution in [-0.4, -0.2) is 64.8 Å². The van der Waals surface area contributed by atoms with Crippen LogP contribution in [0.4, 0.5) is 15.8 Å². The Morgan fingerprint density at radius 1 is 1.12 bits per heavy atom.